The minimum Gasteiger partial charge on any atom is -0.349 e. The number of rotatable bonds is 4. The average Bonchev–Trinajstić information content (AvgIpc) is 3.11. The first-order valence-corrected chi connectivity index (χ1v) is 8.31. The fraction of sp³-hybridized carbons (Fsp3) is 0.158. The van der Waals surface area contributed by atoms with Gasteiger partial charge in [-0.2, -0.15) is 5.10 Å². The van der Waals surface area contributed by atoms with Crippen molar-refractivity contribution < 1.29 is 4.79 Å². The molecule has 4 aromatic rings. The maximum Gasteiger partial charge on any atom is 0.272 e. The summed E-state index contributed by atoms with van der Waals surface area (Å²) < 4.78 is 1.84. The highest BCUT2D eigenvalue weighted by Gasteiger charge is 2.17. The van der Waals surface area contributed by atoms with Crippen molar-refractivity contribution in [1.82, 2.24) is 25.1 Å². The Morgan fingerprint density at radius 3 is 2.73 bits per heavy atom. The normalized spacial score (nSPS) is 12.3. The number of amides is 1. The van der Waals surface area contributed by atoms with Crippen molar-refractivity contribution >= 4 is 27.7 Å². The highest BCUT2D eigenvalue weighted by Crippen LogP contribution is 2.18. The van der Waals surface area contributed by atoms with Crippen LogP contribution in [0, 0.1) is 0 Å². The molecule has 7 nitrogen and oxygen atoms in total. The Morgan fingerprint density at radius 1 is 1.15 bits per heavy atom. The van der Waals surface area contributed by atoms with Crippen molar-refractivity contribution in [2.75, 3.05) is 0 Å². The molecule has 0 bridgehead atoms. The van der Waals surface area contributed by atoms with Crippen LogP contribution in [0.25, 0.3) is 21.8 Å². The van der Waals surface area contributed by atoms with Crippen molar-refractivity contribution in [3.05, 3.63) is 70.9 Å². The zero-order valence-electron chi connectivity index (χ0n) is 14.1. The second-order valence-corrected chi connectivity index (χ2v) is 6.08. The van der Waals surface area contributed by atoms with Crippen LogP contribution >= 0.6 is 0 Å². The summed E-state index contributed by atoms with van der Waals surface area (Å²) in [5.74, 6) is -0.148. The molecule has 1 amide bonds. The van der Waals surface area contributed by atoms with Crippen LogP contribution in [0.5, 0.6) is 0 Å². The van der Waals surface area contributed by atoms with Crippen molar-refractivity contribution in [1.29, 1.82) is 0 Å². The Bertz CT molecular complexity index is 1160. The topological polar surface area (TPSA) is 92.7 Å². The van der Waals surface area contributed by atoms with Gasteiger partial charge in [0.1, 0.15) is 6.04 Å². The third-order valence-electron chi connectivity index (χ3n) is 4.48. The number of hydrogen-bond acceptors (Lipinski definition) is 4. The molecular weight excluding hydrogens is 330 g/mol. The van der Waals surface area contributed by atoms with Gasteiger partial charge in [0.05, 0.1) is 35.0 Å². The van der Waals surface area contributed by atoms with E-state index in [1.165, 1.54) is 0 Å². The van der Waals surface area contributed by atoms with E-state index in [0.29, 0.717) is 11.1 Å². The van der Waals surface area contributed by atoms with E-state index < -0.39 is 6.04 Å². The van der Waals surface area contributed by atoms with E-state index in [-0.39, 0.29) is 18.0 Å². The summed E-state index contributed by atoms with van der Waals surface area (Å²) in [6.45, 7) is 2.05. The molecule has 0 saturated carbocycles. The fourth-order valence-corrected chi connectivity index (χ4v) is 3.04. The molecule has 0 fully saturated rings. The van der Waals surface area contributed by atoms with E-state index in [0.717, 1.165) is 16.4 Å². The Balaban J connectivity index is 1.56. The maximum absolute atomic E-state index is 12.6. The van der Waals surface area contributed by atoms with Gasteiger partial charge in [0, 0.05) is 5.39 Å². The number of fused-ring (bicyclic) bond motifs is 2. The number of nitrogens with one attached hydrogen (secondary N) is 2. The SMILES string of the molecule is C[C@@H](C(=O)NCc1n[nH]c(=O)c2ccccc12)n1cnc2ccccc21. The van der Waals surface area contributed by atoms with Gasteiger partial charge in [-0.1, -0.05) is 30.3 Å². The summed E-state index contributed by atoms with van der Waals surface area (Å²) in [7, 11) is 0. The van der Waals surface area contributed by atoms with Crippen LogP contribution in [0.4, 0.5) is 0 Å². The number of nitrogens with zero attached hydrogens (tertiary/aromatic N) is 3. The van der Waals surface area contributed by atoms with E-state index in [4.69, 9.17) is 0 Å². The minimum absolute atomic E-state index is 0.148. The summed E-state index contributed by atoms with van der Waals surface area (Å²) in [5.41, 5.74) is 2.13. The molecule has 0 aliphatic rings. The highest BCUT2D eigenvalue weighted by molar-refractivity contribution is 5.85. The van der Waals surface area contributed by atoms with Crippen LogP contribution in [-0.4, -0.2) is 25.7 Å². The molecule has 0 spiro atoms. The Labute approximate surface area is 148 Å². The lowest BCUT2D eigenvalue weighted by Gasteiger charge is -2.15. The zero-order valence-corrected chi connectivity index (χ0v) is 14.1. The van der Waals surface area contributed by atoms with Gasteiger partial charge in [-0.3, -0.25) is 9.59 Å². The largest absolute Gasteiger partial charge is 0.349 e. The number of benzene rings is 2. The van der Waals surface area contributed by atoms with Crippen LogP contribution in [-0.2, 0) is 11.3 Å². The number of H-pyrrole nitrogens is 1. The van der Waals surface area contributed by atoms with E-state index >= 15 is 0 Å². The van der Waals surface area contributed by atoms with Gasteiger partial charge in [-0.15, -0.1) is 0 Å². The van der Waals surface area contributed by atoms with Gasteiger partial charge >= 0.3 is 0 Å². The van der Waals surface area contributed by atoms with Gasteiger partial charge in [0.2, 0.25) is 5.91 Å². The van der Waals surface area contributed by atoms with Crippen LogP contribution in [0.15, 0.2) is 59.7 Å². The quantitative estimate of drug-likeness (QED) is 0.592. The van der Waals surface area contributed by atoms with Crippen LogP contribution in [0.3, 0.4) is 0 Å². The zero-order chi connectivity index (χ0) is 18.1. The first-order chi connectivity index (χ1) is 12.6. The highest BCUT2D eigenvalue weighted by atomic mass is 16.2. The van der Waals surface area contributed by atoms with Crippen molar-refractivity contribution in [2.24, 2.45) is 0 Å². The van der Waals surface area contributed by atoms with Crippen molar-refractivity contribution in [3.63, 3.8) is 0 Å². The number of hydrogen-bond donors (Lipinski definition) is 2. The molecule has 7 heteroatoms. The monoisotopic (exact) mass is 347 g/mol. The predicted octanol–water partition coefficient (Wildman–Crippen LogP) is 2.15. The minimum atomic E-state index is -0.420. The number of aromatic amines is 1. The molecule has 2 N–H and O–H groups in total. The Kier molecular flexibility index (Phi) is 3.96. The lowest BCUT2D eigenvalue weighted by molar-refractivity contribution is -0.123. The summed E-state index contributed by atoms with van der Waals surface area (Å²) in [6, 6.07) is 14.5. The first kappa shape index (κ1) is 16.0. The van der Waals surface area contributed by atoms with Gasteiger partial charge < -0.3 is 9.88 Å². The number of imidazole rings is 1. The van der Waals surface area contributed by atoms with E-state index in [2.05, 4.69) is 20.5 Å². The van der Waals surface area contributed by atoms with E-state index in [9.17, 15) is 9.59 Å². The Hall–Kier alpha value is -3.48. The number of aromatic nitrogens is 4. The lowest BCUT2D eigenvalue weighted by Crippen LogP contribution is -2.31. The van der Waals surface area contributed by atoms with Crippen molar-refractivity contribution in [3.8, 4) is 0 Å². The van der Waals surface area contributed by atoms with Gasteiger partial charge in [0.15, 0.2) is 0 Å². The standard InChI is InChI=1S/C19H17N5O2/c1-12(24-11-21-15-8-4-5-9-17(15)24)18(25)20-10-16-13-6-2-3-7-14(13)19(26)23-22-16/h2-9,11-12H,10H2,1H3,(H,20,25)(H,23,26)/t12-/m0/s1. The molecule has 0 aliphatic heterocycles. The first-order valence-electron chi connectivity index (χ1n) is 8.31. The summed E-state index contributed by atoms with van der Waals surface area (Å²) in [4.78, 5) is 28.8. The smallest absolute Gasteiger partial charge is 0.272 e. The molecule has 2 aromatic heterocycles. The molecule has 0 aliphatic carbocycles. The van der Waals surface area contributed by atoms with E-state index in [1.807, 2.05) is 47.9 Å². The predicted molar refractivity (Wildman–Crippen MR) is 98.7 cm³/mol. The second-order valence-electron chi connectivity index (χ2n) is 6.08. The lowest BCUT2D eigenvalue weighted by atomic mass is 10.1. The molecule has 0 unspecified atom stereocenters. The van der Waals surface area contributed by atoms with Gasteiger partial charge in [-0.05, 0) is 25.1 Å². The molecule has 4 rings (SSSR count). The van der Waals surface area contributed by atoms with Gasteiger partial charge in [0.25, 0.3) is 5.56 Å². The second kappa shape index (κ2) is 6.44. The number of carbonyl (C=O) groups excluding carboxylic acids is 1. The fourth-order valence-electron chi connectivity index (χ4n) is 3.04. The van der Waals surface area contributed by atoms with E-state index in [1.54, 1.807) is 18.5 Å². The molecule has 26 heavy (non-hydrogen) atoms. The summed E-state index contributed by atoms with van der Waals surface area (Å²) in [5, 5.41) is 10.7. The average molecular weight is 347 g/mol. The maximum atomic E-state index is 12.6. The molecule has 130 valence electrons. The number of para-hydroxylation sites is 2. The molecule has 0 radical (unpaired) electrons. The Morgan fingerprint density at radius 2 is 1.88 bits per heavy atom. The summed E-state index contributed by atoms with van der Waals surface area (Å²) >= 11 is 0. The number of carbonyl (C=O) groups is 1. The molecule has 2 aromatic carbocycles. The molecule has 0 saturated heterocycles. The van der Waals surface area contributed by atoms with Crippen LogP contribution in [0.2, 0.25) is 0 Å². The van der Waals surface area contributed by atoms with Crippen LogP contribution in [0.1, 0.15) is 18.7 Å². The third kappa shape index (κ3) is 2.73. The molecular formula is C19H17N5O2. The summed E-state index contributed by atoms with van der Waals surface area (Å²) in [6.07, 6.45) is 1.67. The third-order valence-corrected chi connectivity index (χ3v) is 4.48. The van der Waals surface area contributed by atoms with Gasteiger partial charge in [-0.25, -0.2) is 10.1 Å². The van der Waals surface area contributed by atoms with Crippen LogP contribution < -0.4 is 10.9 Å². The molecule has 1 atom stereocenters. The molecule has 2 heterocycles. The van der Waals surface area contributed by atoms with Crippen molar-refractivity contribution in [2.45, 2.75) is 19.5 Å².